The van der Waals surface area contributed by atoms with Gasteiger partial charge in [-0.1, -0.05) is 0 Å². The predicted octanol–water partition coefficient (Wildman–Crippen LogP) is 2.28. The molecule has 1 aromatic carbocycles. The van der Waals surface area contributed by atoms with Gasteiger partial charge in [-0.2, -0.15) is 10.2 Å². The van der Waals surface area contributed by atoms with E-state index in [1.165, 1.54) is 0 Å². The monoisotopic (exact) mass is 307 g/mol. The highest BCUT2D eigenvalue weighted by Gasteiger charge is 2.09. The summed E-state index contributed by atoms with van der Waals surface area (Å²) in [6.07, 6.45) is 0. The van der Waals surface area contributed by atoms with Crippen molar-refractivity contribution >= 4 is 16.9 Å². The summed E-state index contributed by atoms with van der Waals surface area (Å²) in [6, 6.07) is 9.04. The molecule has 1 N–H and O–H groups in total. The second kappa shape index (κ2) is 6.08. The lowest BCUT2D eigenvalue weighted by Gasteiger charge is -2.07. The van der Waals surface area contributed by atoms with E-state index in [0.29, 0.717) is 12.1 Å². The first-order valence-electron chi connectivity index (χ1n) is 7.35. The molecule has 0 spiro atoms. The average Bonchev–Trinajstić information content (AvgIpc) is 2.54. The molecule has 0 bridgehead atoms. The first-order chi connectivity index (χ1) is 11.0. The first-order valence-corrected chi connectivity index (χ1v) is 7.35. The molecular weight excluding hydrogens is 290 g/mol. The van der Waals surface area contributed by atoms with Crippen LogP contribution in [0.4, 0.5) is 0 Å². The van der Waals surface area contributed by atoms with Gasteiger partial charge in [0.1, 0.15) is 0 Å². The Morgan fingerprint density at radius 3 is 2.39 bits per heavy atom. The Morgan fingerprint density at radius 2 is 1.70 bits per heavy atom. The average molecular weight is 307 g/mol. The molecule has 0 saturated heterocycles. The summed E-state index contributed by atoms with van der Waals surface area (Å²) >= 11 is 0. The van der Waals surface area contributed by atoms with E-state index in [9.17, 15) is 4.79 Å². The summed E-state index contributed by atoms with van der Waals surface area (Å²) in [6.45, 7) is 6.04. The fraction of sp³-hybridized carbons (Fsp3) is 0.235. The van der Waals surface area contributed by atoms with E-state index in [0.717, 1.165) is 33.8 Å². The van der Waals surface area contributed by atoms with Gasteiger partial charge in [0.2, 0.25) is 0 Å². The van der Waals surface area contributed by atoms with Gasteiger partial charge in [-0.3, -0.25) is 4.79 Å². The van der Waals surface area contributed by atoms with Crippen molar-refractivity contribution in [2.75, 3.05) is 0 Å². The summed E-state index contributed by atoms with van der Waals surface area (Å²) in [4.78, 5) is 21.2. The van der Waals surface area contributed by atoms with E-state index in [1.54, 1.807) is 12.1 Å². The molecule has 0 radical (unpaired) electrons. The van der Waals surface area contributed by atoms with Crippen LogP contribution in [0.3, 0.4) is 0 Å². The molecule has 2 heterocycles. The third-order valence-corrected chi connectivity index (χ3v) is 3.62. The van der Waals surface area contributed by atoms with Crippen molar-refractivity contribution in [1.29, 1.82) is 0 Å². The molecule has 0 saturated carbocycles. The largest absolute Gasteiger partial charge is 0.346 e. The molecule has 116 valence electrons. The van der Waals surface area contributed by atoms with Crippen LogP contribution in [-0.4, -0.2) is 26.1 Å². The van der Waals surface area contributed by atoms with E-state index >= 15 is 0 Å². The number of fused-ring (bicyclic) bond motifs is 1. The predicted molar refractivity (Wildman–Crippen MR) is 87.0 cm³/mol. The van der Waals surface area contributed by atoms with E-state index in [2.05, 4.69) is 25.5 Å². The van der Waals surface area contributed by atoms with Gasteiger partial charge in [-0.15, -0.1) is 0 Å². The number of benzene rings is 1. The second-order valence-corrected chi connectivity index (χ2v) is 5.45. The topological polar surface area (TPSA) is 80.7 Å². The number of aromatic nitrogens is 4. The molecule has 2 aromatic heterocycles. The van der Waals surface area contributed by atoms with Crippen LogP contribution in [0.5, 0.6) is 0 Å². The Labute approximate surface area is 134 Å². The van der Waals surface area contributed by atoms with Crippen LogP contribution in [-0.2, 0) is 6.54 Å². The maximum atomic E-state index is 12.3. The first kappa shape index (κ1) is 15.0. The number of aryl methyl sites for hydroxylation is 3. The standard InChI is InChI=1S/C17H17N5O/c1-10-4-6-14(22-21-10)9-18-17(23)13-5-7-15-16(8-13)20-12(3)11(2)19-15/h4-8H,9H2,1-3H3,(H,18,23). The van der Waals surface area contributed by atoms with E-state index in [4.69, 9.17) is 0 Å². The number of hydrogen-bond donors (Lipinski definition) is 1. The molecule has 0 aliphatic rings. The molecule has 0 atom stereocenters. The quantitative estimate of drug-likeness (QED) is 0.803. The molecule has 6 heteroatoms. The number of hydrogen-bond acceptors (Lipinski definition) is 5. The van der Waals surface area contributed by atoms with Gasteiger partial charge in [0.15, 0.2) is 0 Å². The number of nitrogens with one attached hydrogen (secondary N) is 1. The smallest absolute Gasteiger partial charge is 0.251 e. The lowest BCUT2D eigenvalue weighted by Crippen LogP contribution is -2.23. The molecule has 0 unspecified atom stereocenters. The Hall–Kier alpha value is -2.89. The van der Waals surface area contributed by atoms with Gasteiger partial charge in [0.25, 0.3) is 5.91 Å². The molecule has 0 aliphatic heterocycles. The fourth-order valence-corrected chi connectivity index (χ4v) is 2.17. The van der Waals surface area contributed by atoms with Crippen LogP contribution < -0.4 is 5.32 Å². The zero-order valence-electron chi connectivity index (χ0n) is 13.3. The molecule has 0 fully saturated rings. The van der Waals surface area contributed by atoms with E-state index in [1.807, 2.05) is 39.0 Å². The second-order valence-electron chi connectivity index (χ2n) is 5.45. The summed E-state index contributed by atoms with van der Waals surface area (Å²) < 4.78 is 0. The van der Waals surface area contributed by atoms with Gasteiger partial charge in [-0.25, -0.2) is 9.97 Å². The van der Waals surface area contributed by atoms with Crippen LogP contribution in [0.1, 0.15) is 33.1 Å². The van der Waals surface area contributed by atoms with Crippen molar-refractivity contribution in [1.82, 2.24) is 25.5 Å². The highest BCUT2D eigenvalue weighted by Crippen LogP contribution is 2.14. The van der Waals surface area contributed by atoms with Crippen LogP contribution in [0.2, 0.25) is 0 Å². The summed E-state index contributed by atoms with van der Waals surface area (Å²) in [5.74, 6) is -0.172. The van der Waals surface area contributed by atoms with Gasteiger partial charge < -0.3 is 5.32 Å². The number of rotatable bonds is 3. The molecule has 6 nitrogen and oxygen atoms in total. The SMILES string of the molecule is Cc1ccc(CNC(=O)c2ccc3nc(C)c(C)nc3c2)nn1. The van der Waals surface area contributed by atoms with Gasteiger partial charge in [0, 0.05) is 5.56 Å². The summed E-state index contributed by atoms with van der Waals surface area (Å²) in [5.41, 5.74) is 5.38. The molecule has 0 aliphatic carbocycles. The minimum atomic E-state index is -0.172. The minimum absolute atomic E-state index is 0.172. The van der Waals surface area contributed by atoms with Gasteiger partial charge in [0.05, 0.1) is 40.4 Å². The Kier molecular flexibility index (Phi) is 3.97. The Balaban J connectivity index is 1.77. The Morgan fingerprint density at radius 1 is 0.957 bits per heavy atom. The normalized spacial score (nSPS) is 10.7. The maximum absolute atomic E-state index is 12.3. The zero-order valence-corrected chi connectivity index (χ0v) is 13.3. The van der Waals surface area contributed by atoms with Crippen molar-refractivity contribution in [2.45, 2.75) is 27.3 Å². The molecular formula is C17H17N5O. The lowest BCUT2D eigenvalue weighted by molar-refractivity contribution is 0.0950. The zero-order chi connectivity index (χ0) is 16.4. The van der Waals surface area contributed by atoms with Crippen molar-refractivity contribution < 1.29 is 4.79 Å². The highest BCUT2D eigenvalue weighted by molar-refractivity contribution is 5.97. The Bertz CT molecular complexity index is 874. The third kappa shape index (κ3) is 3.31. The molecule has 3 rings (SSSR count). The maximum Gasteiger partial charge on any atom is 0.251 e. The number of nitrogens with zero attached hydrogens (tertiary/aromatic N) is 4. The summed E-state index contributed by atoms with van der Waals surface area (Å²) in [5, 5.41) is 10.8. The molecule has 23 heavy (non-hydrogen) atoms. The van der Waals surface area contributed by atoms with Crippen molar-refractivity contribution in [3.05, 3.63) is 58.7 Å². The van der Waals surface area contributed by atoms with Crippen molar-refractivity contribution in [2.24, 2.45) is 0 Å². The molecule has 3 aromatic rings. The van der Waals surface area contributed by atoms with Crippen LogP contribution in [0.15, 0.2) is 30.3 Å². The van der Waals surface area contributed by atoms with E-state index in [-0.39, 0.29) is 5.91 Å². The fourth-order valence-electron chi connectivity index (χ4n) is 2.17. The van der Waals surface area contributed by atoms with Gasteiger partial charge >= 0.3 is 0 Å². The van der Waals surface area contributed by atoms with Gasteiger partial charge in [-0.05, 0) is 51.1 Å². The third-order valence-electron chi connectivity index (χ3n) is 3.62. The number of carbonyl (C=O) groups excluding carboxylic acids is 1. The lowest BCUT2D eigenvalue weighted by atomic mass is 10.1. The van der Waals surface area contributed by atoms with Crippen molar-refractivity contribution in [3.63, 3.8) is 0 Å². The number of carbonyl (C=O) groups is 1. The minimum Gasteiger partial charge on any atom is -0.346 e. The van der Waals surface area contributed by atoms with Crippen LogP contribution in [0.25, 0.3) is 11.0 Å². The van der Waals surface area contributed by atoms with Crippen molar-refractivity contribution in [3.8, 4) is 0 Å². The van der Waals surface area contributed by atoms with Crippen LogP contribution in [0, 0.1) is 20.8 Å². The van der Waals surface area contributed by atoms with Crippen LogP contribution >= 0.6 is 0 Å². The highest BCUT2D eigenvalue weighted by atomic mass is 16.1. The van der Waals surface area contributed by atoms with E-state index < -0.39 is 0 Å². The molecule has 1 amide bonds. The summed E-state index contributed by atoms with van der Waals surface area (Å²) in [7, 11) is 0. The number of amides is 1.